The standard InChI is InChI=1S/C18H25N3O2/c1-2-10-19-17(22)15-20-11-13-21(14-12-20)18(23)9-8-16-6-4-3-5-7-16/h3-9H,2,10-15H2,1H3,(H,19,22)/b9-8+. The Hall–Kier alpha value is -2.14. The first-order chi connectivity index (χ1) is 11.2. The van der Waals surface area contributed by atoms with Crippen LogP contribution in [0.2, 0.25) is 0 Å². The Bertz CT molecular complexity index is 534. The van der Waals surface area contributed by atoms with Crippen molar-refractivity contribution in [2.24, 2.45) is 0 Å². The minimum absolute atomic E-state index is 0.0314. The molecule has 1 aliphatic rings. The van der Waals surface area contributed by atoms with Gasteiger partial charge >= 0.3 is 0 Å². The van der Waals surface area contributed by atoms with Crippen LogP contribution in [0.4, 0.5) is 0 Å². The first-order valence-corrected chi connectivity index (χ1v) is 8.20. The zero-order chi connectivity index (χ0) is 16.5. The second-order valence-corrected chi connectivity index (χ2v) is 5.70. The van der Waals surface area contributed by atoms with Gasteiger partial charge in [-0.1, -0.05) is 37.3 Å². The summed E-state index contributed by atoms with van der Waals surface area (Å²) in [5.41, 5.74) is 1.02. The Balaban J connectivity index is 1.74. The predicted octanol–water partition coefficient (Wildman–Crippen LogP) is 1.37. The molecule has 1 heterocycles. The number of carbonyl (C=O) groups is 2. The smallest absolute Gasteiger partial charge is 0.246 e. The summed E-state index contributed by atoms with van der Waals surface area (Å²) < 4.78 is 0. The summed E-state index contributed by atoms with van der Waals surface area (Å²) >= 11 is 0. The number of benzene rings is 1. The number of rotatable bonds is 6. The number of piperazine rings is 1. The average Bonchev–Trinajstić information content (AvgIpc) is 2.59. The van der Waals surface area contributed by atoms with Crippen molar-refractivity contribution < 1.29 is 9.59 Å². The summed E-state index contributed by atoms with van der Waals surface area (Å²) in [5, 5.41) is 2.88. The van der Waals surface area contributed by atoms with Gasteiger partial charge in [0.15, 0.2) is 0 Å². The normalized spacial score (nSPS) is 15.8. The molecule has 0 bridgehead atoms. The second-order valence-electron chi connectivity index (χ2n) is 5.70. The number of carbonyl (C=O) groups excluding carboxylic acids is 2. The summed E-state index contributed by atoms with van der Waals surface area (Å²) in [5.74, 6) is 0.0968. The highest BCUT2D eigenvalue weighted by atomic mass is 16.2. The molecule has 0 radical (unpaired) electrons. The third kappa shape index (κ3) is 5.87. The van der Waals surface area contributed by atoms with Crippen LogP contribution in [0, 0.1) is 0 Å². The fourth-order valence-electron chi connectivity index (χ4n) is 2.49. The van der Waals surface area contributed by atoms with Crippen molar-refractivity contribution >= 4 is 17.9 Å². The quantitative estimate of drug-likeness (QED) is 0.807. The Kier molecular flexibility index (Phi) is 6.81. The van der Waals surface area contributed by atoms with Crippen LogP contribution in [0.25, 0.3) is 6.08 Å². The number of amides is 2. The molecule has 0 saturated carbocycles. The first kappa shape index (κ1) is 17.2. The summed E-state index contributed by atoms with van der Waals surface area (Å²) in [4.78, 5) is 27.8. The third-order valence-corrected chi connectivity index (χ3v) is 3.84. The fourth-order valence-corrected chi connectivity index (χ4v) is 2.49. The lowest BCUT2D eigenvalue weighted by Gasteiger charge is -2.33. The molecule has 1 N–H and O–H groups in total. The molecule has 0 atom stereocenters. The van der Waals surface area contributed by atoms with Gasteiger partial charge in [0.1, 0.15) is 0 Å². The van der Waals surface area contributed by atoms with E-state index in [4.69, 9.17) is 0 Å². The zero-order valence-corrected chi connectivity index (χ0v) is 13.7. The highest BCUT2D eigenvalue weighted by molar-refractivity contribution is 5.91. The largest absolute Gasteiger partial charge is 0.355 e. The number of hydrogen-bond acceptors (Lipinski definition) is 3. The minimum atomic E-state index is 0.0314. The zero-order valence-electron chi connectivity index (χ0n) is 13.7. The molecule has 2 rings (SSSR count). The molecule has 1 aliphatic heterocycles. The first-order valence-electron chi connectivity index (χ1n) is 8.20. The molecule has 124 valence electrons. The highest BCUT2D eigenvalue weighted by Crippen LogP contribution is 2.05. The lowest BCUT2D eigenvalue weighted by molar-refractivity contribution is -0.128. The molecule has 1 aromatic carbocycles. The molecule has 0 unspecified atom stereocenters. The van der Waals surface area contributed by atoms with Crippen molar-refractivity contribution in [3.63, 3.8) is 0 Å². The molecule has 1 fully saturated rings. The SMILES string of the molecule is CCCNC(=O)CN1CCN(C(=O)/C=C/c2ccccc2)CC1. The van der Waals surface area contributed by atoms with Gasteiger partial charge in [-0.2, -0.15) is 0 Å². The van der Waals surface area contributed by atoms with E-state index in [0.717, 1.165) is 31.6 Å². The van der Waals surface area contributed by atoms with E-state index >= 15 is 0 Å². The molecule has 2 amide bonds. The molecule has 5 heteroatoms. The summed E-state index contributed by atoms with van der Waals surface area (Å²) in [6, 6.07) is 9.79. The van der Waals surface area contributed by atoms with Gasteiger partial charge in [0.05, 0.1) is 6.54 Å². The molecule has 1 saturated heterocycles. The van der Waals surface area contributed by atoms with Crippen molar-refractivity contribution in [1.82, 2.24) is 15.1 Å². The van der Waals surface area contributed by atoms with Crippen LogP contribution in [0.3, 0.4) is 0 Å². The van der Waals surface area contributed by atoms with E-state index in [1.165, 1.54) is 0 Å². The van der Waals surface area contributed by atoms with E-state index in [1.807, 2.05) is 48.2 Å². The van der Waals surface area contributed by atoms with Crippen LogP contribution in [-0.2, 0) is 9.59 Å². The average molecular weight is 315 g/mol. The van der Waals surface area contributed by atoms with E-state index < -0.39 is 0 Å². The van der Waals surface area contributed by atoms with Crippen molar-refractivity contribution in [1.29, 1.82) is 0 Å². The van der Waals surface area contributed by atoms with Gasteiger partial charge in [0.2, 0.25) is 11.8 Å². The van der Waals surface area contributed by atoms with E-state index in [2.05, 4.69) is 10.2 Å². The van der Waals surface area contributed by atoms with Crippen molar-refractivity contribution in [2.75, 3.05) is 39.3 Å². The Morgan fingerprint density at radius 3 is 2.48 bits per heavy atom. The Morgan fingerprint density at radius 2 is 1.83 bits per heavy atom. The Morgan fingerprint density at radius 1 is 1.13 bits per heavy atom. The van der Waals surface area contributed by atoms with Crippen molar-refractivity contribution in [2.45, 2.75) is 13.3 Å². The predicted molar refractivity (Wildman–Crippen MR) is 91.8 cm³/mol. The molecule has 23 heavy (non-hydrogen) atoms. The van der Waals surface area contributed by atoms with Crippen LogP contribution in [0.1, 0.15) is 18.9 Å². The number of nitrogens with zero attached hydrogens (tertiary/aromatic N) is 2. The van der Waals surface area contributed by atoms with Crippen LogP contribution in [-0.4, -0.2) is 60.9 Å². The molecule has 1 aromatic rings. The summed E-state index contributed by atoms with van der Waals surface area (Å²) in [6.07, 6.45) is 4.41. The molecular formula is C18H25N3O2. The van der Waals surface area contributed by atoms with E-state index in [1.54, 1.807) is 6.08 Å². The van der Waals surface area contributed by atoms with Crippen molar-refractivity contribution in [3.05, 3.63) is 42.0 Å². The third-order valence-electron chi connectivity index (χ3n) is 3.84. The van der Waals surface area contributed by atoms with E-state index in [9.17, 15) is 9.59 Å². The number of hydrogen-bond donors (Lipinski definition) is 1. The molecule has 0 aliphatic carbocycles. The van der Waals surface area contributed by atoms with E-state index in [-0.39, 0.29) is 11.8 Å². The lowest BCUT2D eigenvalue weighted by atomic mass is 10.2. The van der Waals surface area contributed by atoms with Gasteiger partial charge in [-0.05, 0) is 18.1 Å². The summed E-state index contributed by atoms with van der Waals surface area (Å²) in [6.45, 7) is 5.99. The molecule has 0 aromatic heterocycles. The van der Waals surface area contributed by atoms with Crippen LogP contribution < -0.4 is 5.32 Å². The maximum absolute atomic E-state index is 12.2. The van der Waals surface area contributed by atoms with Crippen LogP contribution >= 0.6 is 0 Å². The Labute approximate surface area is 138 Å². The number of nitrogens with one attached hydrogen (secondary N) is 1. The van der Waals surface area contributed by atoms with Gasteiger partial charge in [-0.3, -0.25) is 14.5 Å². The molecule has 5 nitrogen and oxygen atoms in total. The topological polar surface area (TPSA) is 52.7 Å². The van der Waals surface area contributed by atoms with Gasteiger partial charge < -0.3 is 10.2 Å². The maximum Gasteiger partial charge on any atom is 0.246 e. The minimum Gasteiger partial charge on any atom is -0.355 e. The van der Waals surface area contributed by atoms with E-state index in [0.29, 0.717) is 19.6 Å². The van der Waals surface area contributed by atoms with Gasteiger partial charge in [0.25, 0.3) is 0 Å². The maximum atomic E-state index is 12.2. The van der Waals surface area contributed by atoms with Gasteiger partial charge in [-0.25, -0.2) is 0 Å². The molecular weight excluding hydrogens is 290 g/mol. The second kappa shape index (κ2) is 9.10. The monoisotopic (exact) mass is 315 g/mol. The summed E-state index contributed by atoms with van der Waals surface area (Å²) in [7, 11) is 0. The highest BCUT2D eigenvalue weighted by Gasteiger charge is 2.20. The van der Waals surface area contributed by atoms with Crippen molar-refractivity contribution in [3.8, 4) is 0 Å². The van der Waals surface area contributed by atoms with Crippen LogP contribution in [0.15, 0.2) is 36.4 Å². The van der Waals surface area contributed by atoms with Gasteiger partial charge in [0, 0.05) is 38.8 Å². The lowest BCUT2D eigenvalue weighted by Crippen LogP contribution is -2.50. The fraction of sp³-hybridized carbons (Fsp3) is 0.444. The van der Waals surface area contributed by atoms with Crippen LogP contribution in [0.5, 0.6) is 0 Å². The molecule has 0 spiro atoms. The van der Waals surface area contributed by atoms with Gasteiger partial charge in [-0.15, -0.1) is 0 Å².